The molecular formula is C13H16N4O2. The molecule has 0 atom stereocenters. The summed E-state index contributed by atoms with van der Waals surface area (Å²) in [6, 6.07) is 1.58. The van der Waals surface area contributed by atoms with Crippen molar-refractivity contribution >= 4 is 17.5 Å². The molecular weight excluding hydrogens is 244 g/mol. The molecule has 0 spiro atoms. The van der Waals surface area contributed by atoms with Gasteiger partial charge in [-0.05, 0) is 19.4 Å². The van der Waals surface area contributed by atoms with Crippen LogP contribution in [0.3, 0.4) is 0 Å². The van der Waals surface area contributed by atoms with E-state index in [1.807, 2.05) is 6.92 Å². The molecule has 0 aliphatic carbocycles. The Bertz CT molecular complexity index is 624. The topological polar surface area (TPSA) is 79.8 Å². The number of carbonyl (C=O) groups excluding carboxylic acids is 2. The smallest absolute Gasteiger partial charge is 0.273 e. The van der Waals surface area contributed by atoms with E-state index < -0.39 is 0 Å². The van der Waals surface area contributed by atoms with Gasteiger partial charge in [-0.3, -0.25) is 14.7 Å². The minimum Gasteiger partial charge on any atom is -0.346 e. The number of rotatable bonds is 4. The molecule has 2 rings (SSSR count). The minimum atomic E-state index is -0.269. The number of nitrogens with zero attached hydrogens (tertiary/aromatic N) is 2. The van der Waals surface area contributed by atoms with Crippen molar-refractivity contribution in [3.05, 3.63) is 35.3 Å². The number of ketones is 1. The molecule has 100 valence electrons. The van der Waals surface area contributed by atoms with Crippen molar-refractivity contribution < 1.29 is 9.59 Å². The molecule has 1 amide bonds. The van der Waals surface area contributed by atoms with Crippen molar-refractivity contribution in [1.29, 1.82) is 0 Å². The van der Waals surface area contributed by atoms with Crippen LogP contribution in [0.5, 0.6) is 0 Å². The third-order valence-electron chi connectivity index (χ3n) is 2.98. The van der Waals surface area contributed by atoms with E-state index in [0.717, 1.165) is 12.0 Å². The summed E-state index contributed by atoms with van der Waals surface area (Å²) in [4.78, 5) is 23.4. The SMILES string of the molecule is CCc1cn[nH]c1NC(=O)c1cc(C(C)=O)cn1C. The molecule has 0 aliphatic rings. The molecule has 0 unspecified atom stereocenters. The second kappa shape index (κ2) is 5.09. The number of aromatic amines is 1. The molecule has 6 nitrogen and oxygen atoms in total. The minimum absolute atomic E-state index is 0.0644. The molecule has 0 fully saturated rings. The maximum atomic E-state index is 12.1. The van der Waals surface area contributed by atoms with E-state index in [0.29, 0.717) is 17.1 Å². The molecule has 2 heterocycles. The quantitative estimate of drug-likeness (QED) is 0.822. The van der Waals surface area contributed by atoms with Crippen molar-refractivity contribution in [2.24, 2.45) is 7.05 Å². The summed E-state index contributed by atoms with van der Waals surface area (Å²) in [6.07, 6.45) is 4.10. The van der Waals surface area contributed by atoms with E-state index in [1.165, 1.54) is 6.92 Å². The second-order valence-electron chi connectivity index (χ2n) is 4.36. The number of hydrogen-bond acceptors (Lipinski definition) is 3. The average molecular weight is 260 g/mol. The fourth-order valence-electron chi connectivity index (χ4n) is 1.85. The van der Waals surface area contributed by atoms with Gasteiger partial charge in [-0.2, -0.15) is 5.10 Å². The zero-order valence-corrected chi connectivity index (χ0v) is 11.2. The van der Waals surface area contributed by atoms with Gasteiger partial charge in [-0.1, -0.05) is 6.92 Å². The summed E-state index contributed by atoms with van der Waals surface area (Å²) in [6.45, 7) is 3.46. The Hall–Kier alpha value is -2.37. The maximum Gasteiger partial charge on any atom is 0.273 e. The zero-order chi connectivity index (χ0) is 14.0. The Morgan fingerprint density at radius 3 is 2.79 bits per heavy atom. The lowest BCUT2D eigenvalue weighted by molar-refractivity contribution is 0.101. The predicted octanol–water partition coefficient (Wildman–Crippen LogP) is 1.77. The van der Waals surface area contributed by atoms with Crippen molar-refractivity contribution in [2.45, 2.75) is 20.3 Å². The van der Waals surface area contributed by atoms with Crippen molar-refractivity contribution in [3.63, 3.8) is 0 Å². The number of hydrogen-bond donors (Lipinski definition) is 2. The first-order chi connectivity index (χ1) is 9.02. The van der Waals surface area contributed by atoms with Crippen molar-refractivity contribution in [2.75, 3.05) is 5.32 Å². The lowest BCUT2D eigenvalue weighted by Crippen LogP contribution is -2.16. The lowest BCUT2D eigenvalue weighted by atomic mass is 10.2. The fourth-order valence-corrected chi connectivity index (χ4v) is 1.85. The highest BCUT2D eigenvalue weighted by Gasteiger charge is 2.15. The van der Waals surface area contributed by atoms with Crippen LogP contribution < -0.4 is 5.32 Å². The molecule has 0 radical (unpaired) electrons. The third kappa shape index (κ3) is 2.57. The van der Waals surface area contributed by atoms with Crippen LogP contribution in [-0.4, -0.2) is 26.5 Å². The van der Waals surface area contributed by atoms with Gasteiger partial charge < -0.3 is 9.88 Å². The van der Waals surface area contributed by atoms with Gasteiger partial charge in [0, 0.05) is 24.4 Å². The number of aryl methyl sites for hydroxylation is 2. The number of H-pyrrole nitrogens is 1. The highest BCUT2D eigenvalue weighted by atomic mass is 16.2. The van der Waals surface area contributed by atoms with Gasteiger partial charge in [0.15, 0.2) is 5.78 Å². The molecule has 6 heteroatoms. The molecule has 2 aromatic heterocycles. The number of nitrogens with one attached hydrogen (secondary N) is 2. The predicted molar refractivity (Wildman–Crippen MR) is 71.3 cm³/mol. The van der Waals surface area contributed by atoms with Crippen molar-refractivity contribution in [1.82, 2.24) is 14.8 Å². The van der Waals surface area contributed by atoms with E-state index in [4.69, 9.17) is 0 Å². The van der Waals surface area contributed by atoms with Gasteiger partial charge in [0.25, 0.3) is 5.91 Å². The molecule has 19 heavy (non-hydrogen) atoms. The maximum absolute atomic E-state index is 12.1. The Morgan fingerprint density at radius 1 is 1.47 bits per heavy atom. The van der Waals surface area contributed by atoms with E-state index in [9.17, 15) is 9.59 Å². The second-order valence-corrected chi connectivity index (χ2v) is 4.36. The van der Waals surface area contributed by atoms with Gasteiger partial charge in [-0.25, -0.2) is 0 Å². The van der Waals surface area contributed by atoms with Crippen LogP contribution in [0.25, 0.3) is 0 Å². The fraction of sp³-hybridized carbons (Fsp3) is 0.308. The van der Waals surface area contributed by atoms with Gasteiger partial charge in [0.2, 0.25) is 0 Å². The summed E-state index contributed by atoms with van der Waals surface area (Å²) in [7, 11) is 1.73. The number of anilines is 1. The summed E-state index contributed by atoms with van der Waals surface area (Å²) < 4.78 is 1.63. The molecule has 2 aromatic rings. The summed E-state index contributed by atoms with van der Waals surface area (Å²) in [5, 5.41) is 9.40. The third-order valence-corrected chi connectivity index (χ3v) is 2.98. The molecule has 0 saturated carbocycles. The molecule has 0 saturated heterocycles. The van der Waals surface area contributed by atoms with Gasteiger partial charge in [0.05, 0.1) is 6.20 Å². The Morgan fingerprint density at radius 2 is 2.21 bits per heavy atom. The van der Waals surface area contributed by atoms with Crippen LogP contribution in [0.2, 0.25) is 0 Å². The largest absolute Gasteiger partial charge is 0.346 e. The highest BCUT2D eigenvalue weighted by Crippen LogP contribution is 2.14. The Kier molecular flexibility index (Phi) is 3.50. The first kappa shape index (κ1) is 13.1. The van der Waals surface area contributed by atoms with E-state index in [2.05, 4.69) is 15.5 Å². The average Bonchev–Trinajstić information content (AvgIpc) is 2.95. The lowest BCUT2D eigenvalue weighted by Gasteiger charge is -2.05. The van der Waals surface area contributed by atoms with Gasteiger partial charge >= 0.3 is 0 Å². The number of carbonyl (C=O) groups is 2. The highest BCUT2D eigenvalue weighted by molar-refractivity contribution is 6.05. The number of amides is 1. The Labute approximate surface area is 110 Å². The standard InChI is InChI=1S/C13H16N4O2/c1-4-9-6-14-16-12(9)15-13(19)11-5-10(8(2)18)7-17(11)3/h5-7H,4H2,1-3H3,(H2,14,15,16,19). The monoisotopic (exact) mass is 260 g/mol. The van der Waals surface area contributed by atoms with Gasteiger partial charge in [0.1, 0.15) is 11.5 Å². The number of Topliss-reactive ketones (excluding diaryl/α,β-unsaturated/α-hetero) is 1. The summed E-state index contributed by atoms with van der Waals surface area (Å²) in [5.41, 5.74) is 1.89. The van der Waals surface area contributed by atoms with E-state index >= 15 is 0 Å². The van der Waals surface area contributed by atoms with Crippen molar-refractivity contribution in [3.8, 4) is 0 Å². The first-order valence-electron chi connectivity index (χ1n) is 6.03. The summed E-state index contributed by atoms with van der Waals surface area (Å²) >= 11 is 0. The van der Waals surface area contributed by atoms with Gasteiger partial charge in [-0.15, -0.1) is 0 Å². The normalized spacial score (nSPS) is 10.5. The van der Waals surface area contributed by atoms with E-state index in [-0.39, 0.29) is 11.7 Å². The summed E-state index contributed by atoms with van der Waals surface area (Å²) in [5.74, 6) is 0.262. The van der Waals surface area contributed by atoms with Crippen LogP contribution in [0.15, 0.2) is 18.5 Å². The van der Waals surface area contributed by atoms with Crippen LogP contribution >= 0.6 is 0 Å². The molecule has 0 aromatic carbocycles. The van der Waals surface area contributed by atoms with Crippen LogP contribution in [-0.2, 0) is 13.5 Å². The number of aromatic nitrogens is 3. The van der Waals surface area contributed by atoms with Crippen LogP contribution in [0.4, 0.5) is 5.82 Å². The van der Waals surface area contributed by atoms with Crippen LogP contribution in [0, 0.1) is 0 Å². The molecule has 2 N–H and O–H groups in total. The first-order valence-corrected chi connectivity index (χ1v) is 6.03. The zero-order valence-electron chi connectivity index (χ0n) is 11.2. The molecule has 0 aliphatic heterocycles. The van der Waals surface area contributed by atoms with Crippen LogP contribution in [0.1, 0.15) is 40.3 Å². The Balaban J connectivity index is 2.23. The van der Waals surface area contributed by atoms with E-state index in [1.54, 1.807) is 30.1 Å². The molecule has 0 bridgehead atoms.